The van der Waals surface area contributed by atoms with Crippen LogP contribution in [-0.4, -0.2) is 10.9 Å². The average molecular weight is 296 g/mol. The van der Waals surface area contributed by atoms with Crippen molar-refractivity contribution in [1.82, 2.24) is 4.98 Å². The van der Waals surface area contributed by atoms with Crippen LogP contribution in [0.15, 0.2) is 36.7 Å². The molecule has 110 valence electrons. The third-order valence-electron chi connectivity index (χ3n) is 4.03. The van der Waals surface area contributed by atoms with Crippen LogP contribution >= 0.6 is 0 Å². The van der Waals surface area contributed by atoms with Crippen molar-refractivity contribution in [3.8, 4) is 0 Å². The maximum atomic E-state index is 13.6. The molecule has 2 aliphatic heterocycles. The number of pyridine rings is 1. The van der Waals surface area contributed by atoms with Gasteiger partial charge >= 0.3 is 0 Å². The highest BCUT2D eigenvalue weighted by molar-refractivity contribution is 6.36. The molecule has 1 aromatic carbocycles. The first-order valence-corrected chi connectivity index (χ1v) is 7.15. The van der Waals surface area contributed by atoms with Gasteiger partial charge in [-0.3, -0.25) is 9.78 Å². The van der Waals surface area contributed by atoms with Gasteiger partial charge in [0, 0.05) is 34.8 Å². The van der Waals surface area contributed by atoms with Crippen LogP contribution in [0, 0.1) is 5.82 Å². The molecule has 2 aromatic rings. The summed E-state index contributed by atoms with van der Waals surface area (Å²) in [5.41, 5.74) is 3.35. The zero-order valence-electron chi connectivity index (χ0n) is 11.9. The Morgan fingerprint density at radius 3 is 3.00 bits per heavy atom. The van der Waals surface area contributed by atoms with Crippen LogP contribution in [0.25, 0.3) is 11.3 Å². The predicted octanol–water partition coefficient (Wildman–Crippen LogP) is 3.52. The molecule has 0 aliphatic carbocycles. The fraction of sp³-hybridized carbons (Fsp3) is 0.176. The van der Waals surface area contributed by atoms with E-state index in [0.29, 0.717) is 22.6 Å². The Bertz CT molecular complexity index is 829. The molecule has 1 amide bonds. The lowest BCUT2D eigenvalue weighted by molar-refractivity contribution is -0.110. The van der Waals surface area contributed by atoms with Gasteiger partial charge in [0.1, 0.15) is 17.7 Å². The summed E-state index contributed by atoms with van der Waals surface area (Å²) in [4.78, 5) is 16.5. The summed E-state index contributed by atoms with van der Waals surface area (Å²) in [6, 6.07) is 6.09. The number of nitrogens with zero attached hydrogens (tertiary/aromatic N) is 1. The monoisotopic (exact) mass is 296 g/mol. The molecule has 4 rings (SSSR count). The van der Waals surface area contributed by atoms with Crippen molar-refractivity contribution in [2.75, 3.05) is 5.32 Å². The van der Waals surface area contributed by atoms with Gasteiger partial charge in [-0.2, -0.15) is 0 Å². The fourth-order valence-electron chi connectivity index (χ4n) is 3.00. The van der Waals surface area contributed by atoms with E-state index < -0.39 is 0 Å². The van der Waals surface area contributed by atoms with Gasteiger partial charge in [0.15, 0.2) is 0 Å². The number of hydrogen-bond acceptors (Lipinski definition) is 3. The van der Waals surface area contributed by atoms with E-state index in [2.05, 4.69) is 10.3 Å². The van der Waals surface area contributed by atoms with E-state index >= 15 is 0 Å². The highest BCUT2D eigenvalue weighted by Crippen LogP contribution is 2.46. The Balaban J connectivity index is 1.97. The molecule has 0 spiro atoms. The van der Waals surface area contributed by atoms with E-state index in [4.69, 9.17) is 4.74 Å². The highest BCUT2D eigenvalue weighted by Gasteiger charge is 2.35. The summed E-state index contributed by atoms with van der Waals surface area (Å²) in [6.07, 6.45) is 4.07. The lowest BCUT2D eigenvalue weighted by atomic mass is 10.00. The molecule has 0 saturated heterocycles. The fourth-order valence-corrected chi connectivity index (χ4v) is 3.00. The summed E-state index contributed by atoms with van der Waals surface area (Å²) in [5.74, 6) is -0.144. The SMILES string of the molecule is CCC1O/C(=C2\C(=O)Nc3ccc(F)cc32)c2ccncc21. The van der Waals surface area contributed by atoms with Gasteiger partial charge in [-0.1, -0.05) is 6.92 Å². The van der Waals surface area contributed by atoms with E-state index in [-0.39, 0.29) is 17.8 Å². The Hall–Kier alpha value is -2.69. The first-order valence-electron chi connectivity index (χ1n) is 7.15. The summed E-state index contributed by atoms with van der Waals surface area (Å²) < 4.78 is 19.6. The summed E-state index contributed by atoms with van der Waals surface area (Å²) >= 11 is 0. The topological polar surface area (TPSA) is 51.2 Å². The zero-order chi connectivity index (χ0) is 15.3. The van der Waals surface area contributed by atoms with Crippen LogP contribution in [0.1, 0.15) is 36.1 Å². The maximum absolute atomic E-state index is 13.6. The molecule has 1 atom stereocenters. The van der Waals surface area contributed by atoms with Crippen molar-refractivity contribution >= 4 is 22.9 Å². The quantitative estimate of drug-likeness (QED) is 0.819. The number of rotatable bonds is 1. The van der Waals surface area contributed by atoms with E-state index in [9.17, 15) is 9.18 Å². The highest BCUT2D eigenvalue weighted by atomic mass is 19.1. The Morgan fingerprint density at radius 2 is 2.18 bits per heavy atom. The molecule has 1 N–H and O–H groups in total. The molecule has 4 nitrogen and oxygen atoms in total. The maximum Gasteiger partial charge on any atom is 0.260 e. The van der Waals surface area contributed by atoms with Crippen LogP contribution in [-0.2, 0) is 9.53 Å². The molecule has 0 bridgehead atoms. The number of anilines is 1. The third kappa shape index (κ3) is 1.75. The minimum absolute atomic E-state index is 0.128. The number of hydrogen-bond donors (Lipinski definition) is 1. The minimum Gasteiger partial charge on any atom is -0.484 e. The Morgan fingerprint density at radius 1 is 1.32 bits per heavy atom. The number of nitrogens with one attached hydrogen (secondary N) is 1. The van der Waals surface area contributed by atoms with E-state index in [1.54, 1.807) is 18.5 Å². The molecule has 5 heteroatoms. The number of halogens is 1. The number of carbonyl (C=O) groups excluding carboxylic acids is 1. The summed E-state index contributed by atoms with van der Waals surface area (Å²) in [6.45, 7) is 2.01. The third-order valence-corrected chi connectivity index (χ3v) is 4.03. The van der Waals surface area contributed by atoms with Crippen LogP contribution in [0.4, 0.5) is 10.1 Å². The second kappa shape index (κ2) is 4.66. The predicted molar refractivity (Wildman–Crippen MR) is 80.2 cm³/mol. The van der Waals surface area contributed by atoms with Gasteiger partial charge in [-0.15, -0.1) is 0 Å². The number of ether oxygens (including phenoxy) is 1. The molecule has 0 radical (unpaired) electrons. The average Bonchev–Trinajstić information content (AvgIpc) is 3.04. The first-order chi connectivity index (χ1) is 10.7. The largest absolute Gasteiger partial charge is 0.484 e. The minimum atomic E-state index is -0.381. The molecule has 0 saturated carbocycles. The first kappa shape index (κ1) is 13.0. The molecule has 0 fully saturated rings. The van der Waals surface area contributed by atoms with Gasteiger partial charge in [0.2, 0.25) is 0 Å². The number of carbonyl (C=O) groups is 1. The number of amides is 1. The van der Waals surface area contributed by atoms with E-state index in [0.717, 1.165) is 17.5 Å². The van der Waals surface area contributed by atoms with Crippen LogP contribution in [0.5, 0.6) is 0 Å². The van der Waals surface area contributed by atoms with Gasteiger partial charge in [-0.25, -0.2) is 4.39 Å². The van der Waals surface area contributed by atoms with Crippen molar-refractivity contribution in [2.24, 2.45) is 0 Å². The number of benzene rings is 1. The van der Waals surface area contributed by atoms with Crippen molar-refractivity contribution in [2.45, 2.75) is 19.4 Å². The smallest absolute Gasteiger partial charge is 0.260 e. The van der Waals surface area contributed by atoms with Gasteiger partial charge in [0.25, 0.3) is 5.91 Å². The Kier molecular flexibility index (Phi) is 2.76. The molecule has 22 heavy (non-hydrogen) atoms. The lowest BCUT2D eigenvalue weighted by Crippen LogP contribution is -2.05. The van der Waals surface area contributed by atoms with Gasteiger partial charge in [0.05, 0.1) is 5.57 Å². The van der Waals surface area contributed by atoms with Crippen molar-refractivity contribution < 1.29 is 13.9 Å². The van der Waals surface area contributed by atoms with Crippen LogP contribution in [0.3, 0.4) is 0 Å². The van der Waals surface area contributed by atoms with Crippen molar-refractivity contribution in [3.63, 3.8) is 0 Å². The van der Waals surface area contributed by atoms with Gasteiger partial charge in [-0.05, 0) is 30.7 Å². The zero-order valence-corrected chi connectivity index (χ0v) is 11.9. The molecule has 2 aliphatic rings. The molecule has 3 heterocycles. The number of fused-ring (bicyclic) bond motifs is 2. The summed E-state index contributed by atoms with van der Waals surface area (Å²) in [5, 5.41) is 2.76. The van der Waals surface area contributed by atoms with Crippen LogP contribution in [0.2, 0.25) is 0 Å². The standard InChI is InChI=1S/C17H13FN2O2/c1-2-14-12-8-19-6-5-10(12)16(22-14)15-11-7-9(18)3-4-13(11)20-17(15)21/h3-8,14H,2H2,1H3,(H,20,21)/b16-15-. The normalized spacial score (nSPS) is 22.1. The molecular weight excluding hydrogens is 283 g/mol. The van der Waals surface area contributed by atoms with E-state index in [1.165, 1.54) is 12.1 Å². The lowest BCUT2D eigenvalue weighted by Gasteiger charge is -2.09. The van der Waals surface area contributed by atoms with Crippen molar-refractivity contribution in [3.05, 3.63) is 59.2 Å². The number of aromatic nitrogens is 1. The van der Waals surface area contributed by atoms with Gasteiger partial charge < -0.3 is 10.1 Å². The second-order valence-electron chi connectivity index (χ2n) is 5.33. The van der Waals surface area contributed by atoms with Crippen molar-refractivity contribution in [1.29, 1.82) is 0 Å². The molecule has 1 unspecified atom stereocenters. The van der Waals surface area contributed by atoms with Crippen LogP contribution < -0.4 is 5.32 Å². The molecule has 1 aromatic heterocycles. The second-order valence-corrected chi connectivity index (χ2v) is 5.33. The van der Waals surface area contributed by atoms with E-state index in [1.807, 2.05) is 13.0 Å². The molecular formula is C17H13FN2O2. The Labute approximate surface area is 126 Å². The summed E-state index contributed by atoms with van der Waals surface area (Å²) in [7, 11) is 0.